The Kier molecular flexibility index (Phi) is 4.38. The van der Waals surface area contributed by atoms with Crippen molar-refractivity contribution in [1.82, 2.24) is 15.0 Å². The summed E-state index contributed by atoms with van der Waals surface area (Å²) in [7, 11) is 0. The van der Waals surface area contributed by atoms with Crippen molar-refractivity contribution in [2.75, 3.05) is 41.8 Å². The molecule has 1 aromatic rings. The summed E-state index contributed by atoms with van der Waals surface area (Å²) >= 11 is 0. The van der Waals surface area contributed by atoms with Gasteiger partial charge >= 0.3 is 0 Å². The van der Waals surface area contributed by atoms with Gasteiger partial charge in [-0.3, -0.25) is 0 Å². The van der Waals surface area contributed by atoms with Crippen LogP contribution in [0.4, 0.5) is 17.8 Å². The van der Waals surface area contributed by atoms with Gasteiger partial charge in [-0.05, 0) is 38.5 Å². The highest BCUT2D eigenvalue weighted by Gasteiger charge is 2.26. The smallest absolute Gasteiger partial charge is 0.232 e. The van der Waals surface area contributed by atoms with E-state index in [2.05, 4.69) is 24.8 Å². The molecule has 2 aliphatic heterocycles. The van der Waals surface area contributed by atoms with Crippen LogP contribution < -0.4 is 15.5 Å². The van der Waals surface area contributed by atoms with Gasteiger partial charge in [0.15, 0.2) is 0 Å². The molecule has 7 heteroatoms. The topological polar surface area (TPSA) is 91.4 Å². The van der Waals surface area contributed by atoms with Gasteiger partial charge in [-0.15, -0.1) is 0 Å². The van der Waals surface area contributed by atoms with Gasteiger partial charge in [0, 0.05) is 32.3 Å². The van der Waals surface area contributed by atoms with Crippen molar-refractivity contribution in [2.45, 2.75) is 44.6 Å². The maximum Gasteiger partial charge on any atom is 0.232 e. The Morgan fingerprint density at radius 1 is 1.00 bits per heavy atom. The van der Waals surface area contributed by atoms with Gasteiger partial charge in [0.05, 0.1) is 0 Å². The third kappa shape index (κ3) is 3.18. The summed E-state index contributed by atoms with van der Waals surface area (Å²) in [4.78, 5) is 17.6. The maximum atomic E-state index is 9.25. The van der Waals surface area contributed by atoms with E-state index in [1.165, 1.54) is 19.3 Å². The quantitative estimate of drug-likeness (QED) is 0.848. The number of aliphatic hydroxyl groups excluding tert-OH is 1. The first kappa shape index (κ1) is 14.3. The van der Waals surface area contributed by atoms with Gasteiger partial charge in [0.2, 0.25) is 17.8 Å². The van der Waals surface area contributed by atoms with Crippen LogP contribution in [0.25, 0.3) is 0 Å². The van der Waals surface area contributed by atoms with E-state index < -0.39 is 0 Å². The van der Waals surface area contributed by atoms with Gasteiger partial charge in [-0.25, -0.2) is 0 Å². The second-order valence-electron chi connectivity index (χ2n) is 5.84. The molecule has 3 heterocycles. The molecule has 21 heavy (non-hydrogen) atoms. The summed E-state index contributed by atoms with van der Waals surface area (Å²) in [5.41, 5.74) is 5.89. The summed E-state index contributed by atoms with van der Waals surface area (Å²) in [6.45, 7) is 3.10. The average Bonchev–Trinajstić information content (AvgIpc) is 3.02. The van der Waals surface area contributed by atoms with Crippen LogP contribution in [0.15, 0.2) is 0 Å². The molecule has 0 aromatic carbocycles. The second-order valence-corrected chi connectivity index (χ2v) is 5.84. The summed E-state index contributed by atoms with van der Waals surface area (Å²) in [5, 5.41) is 9.25. The molecule has 0 spiro atoms. The molecule has 7 nitrogen and oxygen atoms in total. The molecule has 0 saturated carbocycles. The fraction of sp³-hybridized carbons (Fsp3) is 0.786. The van der Waals surface area contributed by atoms with Crippen LogP contribution in [0, 0.1) is 0 Å². The van der Waals surface area contributed by atoms with Gasteiger partial charge in [-0.2, -0.15) is 15.0 Å². The molecule has 0 amide bonds. The SMILES string of the molecule is Nc1nc(N2CCCC2)nc(N2CCCCC2CCO)n1. The lowest BCUT2D eigenvalue weighted by molar-refractivity contribution is 0.261. The number of nitrogens with zero attached hydrogens (tertiary/aromatic N) is 5. The Hall–Kier alpha value is -1.63. The van der Waals surface area contributed by atoms with E-state index in [0.717, 1.165) is 38.9 Å². The summed E-state index contributed by atoms with van der Waals surface area (Å²) in [6.07, 6.45) is 6.51. The van der Waals surface area contributed by atoms with Crippen LogP contribution in [-0.2, 0) is 0 Å². The van der Waals surface area contributed by atoms with Crippen LogP contribution in [0.5, 0.6) is 0 Å². The molecule has 2 fully saturated rings. The molecule has 2 saturated heterocycles. The molecular formula is C14H24N6O. The first-order valence-electron chi connectivity index (χ1n) is 7.92. The van der Waals surface area contributed by atoms with E-state index in [-0.39, 0.29) is 12.6 Å². The van der Waals surface area contributed by atoms with E-state index in [0.29, 0.717) is 17.9 Å². The van der Waals surface area contributed by atoms with E-state index in [1.54, 1.807) is 0 Å². The zero-order valence-corrected chi connectivity index (χ0v) is 12.4. The van der Waals surface area contributed by atoms with Crippen LogP contribution in [0.1, 0.15) is 38.5 Å². The first-order valence-corrected chi connectivity index (χ1v) is 7.92. The van der Waals surface area contributed by atoms with Gasteiger partial charge in [-0.1, -0.05) is 0 Å². The van der Waals surface area contributed by atoms with Crippen molar-refractivity contribution < 1.29 is 5.11 Å². The van der Waals surface area contributed by atoms with Crippen LogP contribution in [0.2, 0.25) is 0 Å². The van der Waals surface area contributed by atoms with Gasteiger partial charge in [0.25, 0.3) is 0 Å². The standard InChI is InChI=1S/C14H24N6O/c15-12-16-13(19-7-3-4-8-19)18-14(17-12)20-9-2-1-5-11(20)6-10-21/h11,21H,1-10H2,(H2,15,16,17,18). The molecule has 1 unspecified atom stereocenters. The predicted molar refractivity (Wildman–Crippen MR) is 82.4 cm³/mol. The lowest BCUT2D eigenvalue weighted by atomic mass is 10.0. The van der Waals surface area contributed by atoms with Gasteiger partial charge in [0.1, 0.15) is 0 Å². The Morgan fingerprint density at radius 2 is 1.71 bits per heavy atom. The van der Waals surface area contributed by atoms with E-state index in [9.17, 15) is 5.11 Å². The zero-order chi connectivity index (χ0) is 14.7. The number of nitrogen functional groups attached to an aromatic ring is 1. The van der Waals surface area contributed by atoms with Crippen molar-refractivity contribution in [3.8, 4) is 0 Å². The number of aliphatic hydroxyl groups is 1. The molecule has 0 aliphatic carbocycles. The van der Waals surface area contributed by atoms with Crippen molar-refractivity contribution in [3.63, 3.8) is 0 Å². The van der Waals surface area contributed by atoms with E-state index >= 15 is 0 Å². The average molecular weight is 292 g/mol. The minimum absolute atomic E-state index is 0.195. The van der Waals surface area contributed by atoms with Crippen molar-refractivity contribution >= 4 is 17.8 Å². The number of anilines is 3. The molecule has 3 rings (SSSR count). The van der Waals surface area contributed by atoms with E-state index in [4.69, 9.17) is 5.73 Å². The molecular weight excluding hydrogens is 268 g/mol. The van der Waals surface area contributed by atoms with Crippen LogP contribution >= 0.6 is 0 Å². The summed E-state index contributed by atoms with van der Waals surface area (Å²) in [5.74, 6) is 1.65. The Labute approximate surface area is 125 Å². The Balaban J connectivity index is 1.85. The Morgan fingerprint density at radius 3 is 2.48 bits per heavy atom. The summed E-state index contributed by atoms with van der Waals surface area (Å²) < 4.78 is 0. The molecule has 1 atom stereocenters. The number of rotatable bonds is 4. The number of piperidine rings is 1. The molecule has 0 bridgehead atoms. The highest BCUT2D eigenvalue weighted by molar-refractivity contribution is 5.45. The lowest BCUT2D eigenvalue weighted by Gasteiger charge is -2.35. The normalized spacial score (nSPS) is 22.8. The maximum absolute atomic E-state index is 9.25. The molecule has 2 aliphatic rings. The molecule has 116 valence electrons. The monoisotopic (exact) mass is 292 g/mol. The third-order valence-corrected chi connectivity index (χ3v) is 4.36. The van der Waals surface area contributed by atoms with Crippen molar-refractivity contribution in [3.05, 3.63) is 0 Å². The minimum atomic E-state index is 0.195. The number of nitrogens with two attached hydrogens (primary N) is 1. The number of hydrogen-bond donors (Lipinski definition) is 2. The van der Waals surface area contributed by atoms with Gasteiger partial charge < -0.3 is 20.6 Å². The molecule has 3 N–H and O–H groups in total. The van der Waals surface area contributed by atoms with Crippen LogP contribution in [-0.4, -0.2) is 52.3 Å². The lowest BCUT2D eigenvalue weighted by Crippen LogP contribution is -2.41. The first-order chi connectivity index (χ1) is 10.3. The number of aromatic nitrogens is 3. The largest absolute Gasteiger partial charge is 0.396 e. The summed E-state index contributed by atoms with van der Waals surface area (Å²) in [6, 6.07) is 0.303. The Bertz CT molecular complexity index is 475. The molecule has 1 aromatic heterocycles. The minimum Gasteiger partial charge on any atom is -0.396 e. The third-order valence-electron chi connectivity index (χ3n) is 4.36. The number of hydrogen-bond acceptors (Lipinski definition) is 7. The fourth-order valence-corrected chi connectivity index (χ4v) is 3.27. The van der Waals surface area contributed by atoms with Crippen LogP contribution in [0.3, 0.4) is 0 Å². The predicted octanol–water partition coefficient (Wildman–Crippen LogP) is 0.795. The highest BCUT2D eigenvalue weighted by atomic mass is 16.3. The highest BCUT2D eigenvalue weighted by Crippen LogP contribution is 2.26. The van der Waals surface area contributed by atoms with Crippen molar-refractivity contribution in [1.29, 1.82) is 0 Å². The van der Waals surface area contributed by atoms with E-state index in [1.807, 2.05) is 0 Å². The zero-order valence-electron chi connectivity index (χ0n) is 12.4. The molecule has 0 radical (unpaired) electrons. The fourth-order valence-electron chi connectivity index (χ4n) is 3.27. The van der Waals surface area contributed by atoms with Crippen molar-refractivity contribution in [2.24, 2.45) is 0 Å². The second kappa shape index (κ2) is 6.43.